The number of carbonyl (C=O) groups excluding carboxylic acids is 1. The number of hydrogen-bond acceptors (Lipinski definition) is 4. The van der Waals surface area contributed by atoms with Gasteiger partial charge in [0.15, 0.2) is 6.61 Å². The van der Waals surface area contributed by atoms with E-state index < -0.39 is 12.6 Å². The molecule has 0 heterocycles. The lowest BCUT2D eigenvalue weighted by molar-refractivity contribution is -0.139. The smallest absolute Gasteiger partial charge is 0.341 e. The van der Waals surface area contributed by atoms with Crippen molar-refractivity contribution in [2.75, 3.05) is 6.61 Å². The van der Waals surface area contributed by atoms with Gasteiger partial charge in [-0.25, -0.2) is 10.2 Å². The topological polar surface area (TPSA) is 88.0 Å². The van der Waals surface area contributed by atoms with E-state index in [0.29, 0.717) is 11.3 Å². The lowest BCUT2D eigenvalue weighted by Gasteiger charge is -2.03. The highest BCUT2D eigenvalue weighted by atomic mass is 79.9. The summed E-state index contributed by atoms with van der Waals surface area (Å²) in [5, 5.41) is 12.4. The minimum Gasteiger partial charge on any atom is -0.482 e. The molecule has 0 aliphatic heterocycles. The molecule has 0 unspecified atom stereocenters. The van der Waals surface area contributed by atoms with Crippen LogP contribution in [0.4, 0.5) is 0 Å². The fourth-order valence-electron chi connectivity index (χ4n) is 1.65. The average Bonchev–Trinajstić information content (AvgIpc) is 2.54. The minimum atomic E-state index is -1.04. The first-order chi connectivity index (χ1) is 11.0. The van der Waals surface area contributed by atoms with Crippen LogP contribution in [0.2, 0.25) is 0 Å². The van der Waals surface area contributed by atoms with Gasteiger partial charge in [0, 0.05) is 10.0 Å². The van der Waals surface area contributed by atoms with E-state index in [2.05, 4.69) is 26.5 Å². The molecule has 2 N–H and O–H groups in total. The number of nitrogens with one attached hydrogen (secondary N) is 1. The fourth-order valence-corrected chi connectivity index (χ4v) is 2.05. The molecule has 6 nitrogen and oxygen atoms in total. The molecule has 0 aliphatic carbocycles. The summed E-state index contributed by atoms with van der Waals surface area (Å²) in [6.07, 6.45) is 1.48. The molecule has 2 rings (SSSR count). The highest BCUT2D eigenvalue weighted by Crippen LogP contribution is 2.12. The van der Waals surface area contributed by atoms with E-state index in [9.17, 15) is 9.59 Å². The van der Waals surface area contributed by atoms with Crippen LogP contribution in [-0.4, -0.2) is 29.8 Å². The number of hydrogen-bond donors (Lipinski definition) is 2. The van der Waals surface area contributed by atoms with Crippen molar-refractivity contribution in [2.24, 2.45) is 5.10 Å². The summed E-state index contributed by atoms with van der Waals surface area (Å²) >= 11 is 3.30. The third-order valence-electron chi connectivity index (χ3n) is 2.71. The van der Waals surface area contributed by atoms with Gasteiger partial charge in [0.2, 0.25) is 0 Å². The average molecular weight is 377 g/mol. The van der Waals surface area contributed by atoms with Crippen LogP contribution in [0.25, 0.3) is 0 Å². The Morgan fingerprint density at radius 3 is 2.61 bits per heavy atom. The lowest BCUT2D eigenvalue weighted by atomic mass is 10.2. The number of amides is 1. The molecule has 2 aromatic carbocycles. The number of hydrazone groups is 1. The minimum absolute atomic E-state index is 0.316. The maximum absolute atomic E-state index is 11.9. The van der Waals surface area contributed by atoms with E-state index in [0.717, 1.165) is 10.0 Å². The molecule has 0 radical (unpaired) electrons. The number of aliphatic carboxylic acids is 1. The molecule has 118 valence electrons. The molecule has 0 saturated carbocycles. The molecule has 0 fully saturated rings. The number of nitrogens with zero attached hydrogens (tertiary/aromatic N) is 1. The number of carbonyl (C=O) groups is 2. The van der Waals surface area contributed by atoms with E-state index in [1.165, 1.54) is 6.21 Å². The molecule has 2 aromatic rings. The van der Waals surface area contributed by atoms with Crippen LogP contribution in [0.5, 0.6) is 5.75 Å². The van der Waals surface area contributed by atoms with E-state index in [1.54, 1.807) is 42.5 Å². The summed E-state index contributed by atoms with van der Waals surface area (Å²) in [5.74, 6) is -0.905. The highest BCUT2D eigenvalue weighted by Gasteiger charge is 2.03. The monoisotopic (exact) mass is 376 g/mol. The van der Waals surface area contributed by atoms with Gasteiger partial charge in [-0.1, -0.05) is 22.0 Å². The molecule has 0 aliphatic rings. The normalized spacial score (nSPS) is 10.5. The summed E-state index contributed by atoms with van der Waals surface area (Å²) in [7, 11) is 0. The Hall–Kier alpha value is -2.67. The molecule has 7 heteroatoms. The Morgan fingerprint density at radius 1 is 1.22 bits per heavy atom. The van der Waals surface area contributed by atoms with E-state index in [-0.39, 0.29) is 5.91 Å². The molecule has 0 spiro atoms. The zero-order chi connectivity index (χ0) is 16.7. The molecule has 23 heavy (non-hydrogen) atoms. The number of halogens is 1. The van der Waals surface area contributed by atoms with E-state index in [4.69, 9.17) is 9.84 Å². The van der Waals surface area contributed by atoms with Gasteiger partial charge in [-0.15, -0.1) is 0 Å². The number of benzene rings is 2. The number of ether oxygens (including phenoxy) is 1. The highest BCUT2D eigenvalue weighted by molar-refractivity contribution is 9.10. The Bertz CT molecular complexity index is 729. The van der Waals surface area contributed by atoms with Gasteiger partial charge in [0.25, 0.3) is 5.91 Å². The summed E-state index contributed by atoms with van der Waals surface area (Å²) in [6.45, 7) is -0.393. The zero-order valence-corrected chi connectivity index (χ0v) is 13.5. The van der Waals surface area contributed by atoms with Crippen LogP contribution in [-0.2, 0) is 4.79 Å². The van der Waals surface area contributed by atoms with E-state index in [1.807, 2.05) is 6.07 Å². The van der Waals surface area contributed by atoms with Gasteiger partial charge < -0.3 is 9.84 Å². The van der Waals surface area contributed by atoms with Gasteiger partial charge in [-0.2, -0.15) is 5.10 Å². The van der Waals surface area contributed by atoms with Gasteiger partial charge >= 0.3 is 5.97 Å². The van der Waals surface area contributed by atoms with Crippen LogP contribution in [0, 0.1) is 0 Å². The van der Waals surface area contributed by atoms with Crippen LogP contribution in [0.1, 0.15) is 15.9 Å². The van der Waals surface area contributed by atoms with Crippen LogP contribution >= 0.6 is 15.9 Å². The van der Waals surface area contributed by atoms with Crippen molar-refractivity contribution in [3.63, 3.8) is 0 Å². The summed E-state index contributed by atoms with van der Waals surface area (Å²) in [5.41, 5.74) is 3.66. The van der Waals surface area contributed by atoms with Crippen molar-refractivity contribution in [2.45, 2.75) is 0 Å². The van der Waals surface area contributed by atoms with E-state index >= 15 is 0 Å². The van der Waals surface area contributed by atoms with Crippen molar-refractivity contribution in [1.29, 1.82) is 0 Å². The summed E-state index contributed by atoms with van der Waals surface area (Å²) < 4.78 is 5.83. The summed E-state index contributed by atoms with van der Waals surface area (Å²) in [4.78, 5) is 22.3. The largest absolute Gasteiger partial charge is 0.482 e. The van der Waals surface area contributed by atoms with Crippen molar-refractivity contribution >= 4 is 34.0 Å². The second kappa shape index (κ2) is 8.09. The Morgan fingerprint density at radius 2 is 1.96 bits per heavy atom. The van der Waals surface area contributed by atoms with Gasteiger partial charge in [0.05, 0.1) is 6.21 Å². The lowest BCUT2D eigenvalue weighted by Crippen LogP contribution is -2.17. The first kappa shape index (κ1) is 16.7. The van der Waals surface area contributed by atoms with Crippen LogP contribution in [0.15, 0.2) is 58.1 Å². The second-order valence-corrected chi connectivity index (χ2v) is 5.38. The number of carboxylic acid groups (broad SMARTS) is 1. The van der Waals surface area contributed by atoms with Crippen molar-refractivity contribution < 1.29 is 19.4 Å². The number of rotatable bonds is 6. The first-order valence-corrected chi connectivity index (χ1v) is 7.37. The van der Waals surface area contributed by atoms with Gasteiger partial charge in [-0.3, -0.25) is 4.79 Å². The molecular weight excluding hydrogens is 364 g/mol. The molecule has 0 bridgehead atoms. The molecule has 0 saturated heterocycles. The summed E-state index contributed by atoms with van der Waals surface area (Å²) in [6, 6.07) is 13.6. The Labute approximate surface area is 140 Å². The first-order valence-electron chi connectivity index (χ1n) is 6.58. The SMILES string of the molecule is O=C(O)COc1ccc(/C=N\NC(=O)c2cccc(Br)c2)cc1. The second-order valence-electron chi connectivity index (χ2n) is 4.46. The third-order valence-corrected chi connectivity index (χ3v) is 3.20. The molecular formula is C16H13BrN2O4. The van der Waals surface area contributed by atoms with Crippen LogP contribution < -0.4 is 10.2 Å². The Balaban J connectivity index is 1.90. The van der Waals surface area contributed by atoms with Crippen molar-refractivity contribution in [3.05, 3.63) is 64.1 Å². The number of carboxylic acids is 1. The van der Waals surface area contributed by atoms with Gasteiger partial charge in [0.1, 0.15) is 5.75 Å². The quantitative estimate of drug-likeness (QED) is 0.599. The standard InChI is InChI=1S/C16H13BrN2O4/c17-13-3-1-2-12(8-13)16(22)19-18-9-11-4-6-14(7-5-11)23-10-15(20)21/h1-9H,10H2,(H,19,22)(H,20,21)/b18-9-. The predicted molar refractivity (Wildman–Crippen MR) is 88.8 cm³/mol. The third kappa shape index (κ3) is 5.55. The predicted octanol–water partition coefficient (Wildman–Crippen LogP) is 2.68. The maximum atomic E-state index is 11.9. The zero-order valence-electron chi connectivity index (χ0n) is 11.9. The van der Waals surface area contributed by atoms with Gasteiger partial charge in [-0.05, 0) is 48.0 Å². The molecule has 0 atom stereocenters. The molecule has 1 amide bonds. The Kier molecular flexibility index (Phi) is 5.87. The fraction of sp³-hybridized carbons (Fsp3) is 0.0625. The van der Waals surface area contributed by atoms with Crippen molar-refractivity contribution in [3.8, 4) is 5.75 Å². The maximum Gasteiger partial charge on any atom is 0.341 e. The van der Waals surface area contributed by atoms with Crippen LogP contribution in [0.3, 0.4) is 0 Å². The van der Waals surface area contributed by atoms with Crippen molar-refractivity contribution in [1.82, 2.24) is 5.43 Å². The molecule has 0 aromatic heterocycles.